The largest absolute Gasteiger partial charge is 0.496 e. The van der Waals surface area contributed by atoms with Crippen molar-refractivity contribution >= 4 is 23.8 Å². The van der Waals surface area contributed by atoms with E-state index < -0.39 is 11.7 Å². The van der Waals surface area contributed by atoms with Crippen LogP contribution >= 0.6 is 0 Å². The second kappa shape index (κ2) is 12.3. The highest BCUT2D eigenvalue weighted by Gasteiger charge is 2.35. The number of carbonyl (C=O) groups excluding carboxylic acids is 3. The average molecular weight is 540 g/mol. The van der Waals surface area contributed by atoms with Crippen molar-refractivity contribution in [2.45, 2.75) is 58.3 Å². The molecule has 0 bridgehead atoms. The van der Waals surface area contributed by atoms with Crippen molar-refractivity contribution in [3.05, 3.63) is 53.6 Å². The van der Waals surface area contributed by atoms with Crippen LogP contribution in [0.4, 0.5) is 15.3 Å². The Kier molecular flexibility index (Phi) is 8.83. The van der Waals surface area contributed by atoms with Crippen LogP contribution in [0.5, 0.6) is 11.5 Å². The summed E-state index contributed by atoms with van der Waals surface area (Å²) in [5.41, 5.74) is 1.79. The maximum Gasteiger partial charge on any atom is 0.414 e. The maximum atomic E-state index is 13.3. The van der Waals surface area contributed by atoms with Crippen LogP contribution in [-0.2, 0) is 16.1 Å². The molecule has 0 aromatic heterocycles. The van der Waals surface area contributed by atoms with Crippen LogP contribution in [0.1, 0.15) is 56.0 Å². The van der Waals surface area contributed by atoms with Gasteiger partial charge in [-0.1, -0.05) is 18.2 Å². The molecular weight excluding hydrogens is 502 g/mol. The Bertz CT molecular complexity index is 1190. The number of hydrogen-bond donors (Lipinski definition) is 1. The van der Waals surface area contributed by atoms with Gasteiger partial charge in [0.15, 0.2) is 0 Å². The number of para-hydroxylation sites is 1. The Labute approximate surface area is 229 Å². The first kappa shape index (κ1) is 28.1. The maximum absolute atomic E-state index is 13.3. The smallest absolute Gasteiger partial charge is 0.414 e. The number of alkyl carbamates (subject to hydrolysis) is 1. The van der Waals surface area contributed by atoms with Gasteiger partial charge in [-0.05, 0) is 58.2 Å². The minimum absolute atomic E-state index is 0.0366. The molecule has 1 N–H and O–H groups in total. The third-order valence-corrected chi connectivity index (χ3v) is 6.58. The molecule has 2 aromatic rings. The van der Waals surface area contributed by atoms with E-state index in [-0.39, 0.29) is 24.6 Å². The van der Waals surface area contributed by atoms with Gasteiger partial charge in [0.25, 0.3) is 5.91 Å². The number of nitrogens with one attached hydrogen (secondary N) is 1. The van der Waals surface area contributed by atoms with Crippen molar-refractivity contribution in [2.75, 3.05) is 38.3 Å². The summed E-state index contributed by atoms with van der Waals surface area (Å²) in [5, 5.41) is 2.70. The lowest BCUT2D eigenvalue weighted by Crippen LogP contribution is -2.50. The SMILES string of the molecule is COc1cc(OCCCNC(=O)OC(C)(C)C)ccc1C(=O)N1CCC(N2C(=O)OCc3ccccc32)CC1. The molecule has 10 heteroatoms. The molecule has 210 valence electrons. The summed E-state index contributed by atoms with van der Waals surface area (Å²) in [4.78, 5) is 41.2. The summed E-state index contributed by atoms with van der Waals surface area (Å²) >= 11 is 0. The quantitative estimate of drug-likeness (QED) is 0.483. The molecule has 0 unspecified atom stereocenters. The number of likely N-dealkylation sites (tertiary alicyclic amines) is 1. The summed E-state index contributed by atoms with van der Waals surface area (Å²) < 4.78 is 21.9. The molecule has 2 heterocycles. The van der Waals surface area contributed by atoms with E-state index in [1.807, 2.05) is 45.0 Å². The predicted octanol–water partition coefficient (Wildman–Crippen LogP) is 4.75. The number of cyclic esters (lactones) is 1. The summed E-state index contributed by atoms with van der Waals surface area (Å²) in [6, 6.07) is 12.9. The molecule has 0 radical (unpaired) electrons. The van der Waals surface area contributed by atoms with Crippen LogP contribution in [0.15, 0.2) is 42.5 Å². The Morgan fingerprint density at radius 1 is 1.10 bits per heavy atom. The van der Waals surface area contributed by atoms with Gasteiger partial charge < -0.3 is 29.2 Å². The van der Waals surface area contributed by atoms with Crippen molar-refractivity contribution in [1.82, 2.24) is 10.2 Å². The normalized spacial score (nSPS) is 15.7. The molecule has 4 rings (SSSR count). The zero-order valence-corrected chi connectivity index (χ0v) is 23.0. The monoisotopic (exact) mass is 539 g/mol. The summed E-state index contributed by atoms with van der Waals surface area (Å²) in [5.74, 6) is 0.877. The molecule has 1 fully saturated rings. The van der Waals surface area contributed by atoms with Crippen LogP contribution in [-0.4, -0.2) is 68.0 Å². The van der Waals surface area contributed by atoms with Crippen molar-refractivity contribution in [1.29, 1.82) is 0 Å². The first-order valence-corrected chi connectivity index (χ1v) is 13.3. The molecule has 3 amide bonds. The highest BCUT2D eigenvalue weighted by atomic mass is 16.6. The molecule has 10 nitrogen and oxygen atoms in total. The second-order valence-corrected chi connectivity index (χ2v) is 10.6. The van der Waals surface area contributed by atoms with Crippen LogP contribution < -0.4 is 19.7 Å². The molecular formula is C29H37N3O7. The Morgan fingerprint density at radius 2 is 1.85 bits per heavy atom. The van der Waals surface area contributed by atoms with E-state index >= 15 is 0 Å². The van der Waals surface area contributed by atoms with Crippen molar-refractivity contribution in [2.24, 2.45) is 0 Å². The standard InChI is InChI=1S/C29H37N3O7/c1-29(2,3)39-27(34)30-14-7-17-37-22-10-11-23(25(18-22)36-4)26(33)31-15-12-21(13-16-31)32-24-9-6-5-8-20(24)19-38-28(32)35/h5-6,8-11,18,21H,7,12-17,19H2,1-4H3,(H,30,34). The second-order valence-electron chi connectivity index (χ2n) is 10.6. The van der Waals surface area contributed by atoms with Crippen LogP contribution in [0.25, 0.3) is 0 Å². The molecule has 2 aromatic carbocycles. The minimum Gasteiger partial charge on any atom is -0.496 e. The van der Waals surface area contributed by atoms with E-state index in [9.17, 15) is 14.4 Å². The molecule has 0 spiro atoms. The van der Waals surface area contributed by atoms with E-state index in [0.29, 0.717) is 62.6 Å². The fourth-order valence-corrected chi connectivity index (χ4v) is 4.72. The Balaban J connectivity index is 1.29. The number of rotatable bonds is 8. The number of benzene rings is 2. The third-order valence-electron chi connectivity index (χ3n) is 6.58. The molecule has 1 saturated heterocycles. The number of fused-ring (bicyclic) bond motifs is 1. The van der Waals surface area contributed by atoms with Gasteiger partial charge in [-0.3, -0.25) is 9.69 Å². The van der Waals surface area contributed by atoms with Gasteiger partial charge in [-0.2, -0.15) is 0 Å². The predicted molar refractivity (Wildman–Crippen MR) is 145 cm³/mol. The number of anilines is 1. The summed E-state index contributed by atoms with van der Waals surface area (Å²) in [7, 11) is 1.52. The minimum atomic E-state index is -0.542. The van der Waals surface area contributed by atoms with Gasteiger partial charge in [-0.25, -0.2) is 9.59 Å². The van der Waals surface area contributed by atoms with Gasteiger partial charge in [0.2, 0.25) is 0 Å². The fraction of sp³-hybridized carbons (Fsp3) is 0.483. The van der Waals surface area contributed by atoms with Gasteiger partial charge >= 0.3 is 12.2 Å². The van der Waals surface area contributed by atoms with E-state index in [1.54, 1.807) is 28.0 Å². The molecule has 2 aliphatic heterocycles. The fourth-order valence-electron chi connectivity index (χ4n) is 4.72. The summed E-state index contributed by atoms with van der Waals surface area (Å²) in [6.45, 7) is 7.54. The average Bonchev–Trinajstić information content (AvgIpc) is 2.91. The highest BCUT2D eigenvalue weighted by Crippen LogP contribution is 2.33. The lowest BCUT2D eigenvalue weighted by atomic mass is 10.00. The Hall–Kier alpha value is -3.95. The third kappa shape index (κ3) is 7.13. The van der Waals surface area contributed by atoms with Gasteiger partial charge in [0, 0.05) is 37.3 Å². The lowest BCUT2D eigenvalue weighted by molar-refractivity contribution is 0.0525. The van der Waals surface area contributed by atoms with Gasteiger partial charge in [-0.15, -0.1) is 0 Å². The number of carbonyl (C=O) groups is 3. The van der Waals surface area contributed by atoms with E-state index in [0.717, 1.165) is 11.3 Å². The van der Waals surface area contributed by atoms with Crippen LogP contribution in [0.2, 0.25) is 0 Å². The zero-order valence-electron chi connectivity index (χ0n) is 23.0. The number of amides is 3. The van der Waals surface area contributed by atoms with Crippen LogP contribution in [0, 0.1) is 0 Å². The number of ether oxygens (including phenoxy) is 4. The molecule has 0 aliphatic carbocycles. The van der Waals surface area contributed by atoms with Crippen molar-refractivity contribution < 1.29 is 33.3 Å². The van der Waals surface area contributed by atoms with E-state index in [2.05, 4.69) is 5.32 Å². The topological polar surface area (TPSA) is 107 Å². The number of methoxy groups -OCH3 is 1. The van der Waals surface area contributed by atoms with Crippen molar-refractivity contribution in [3.63, 3.8) is 0 Å². The lowest BCUT2D eigenvalue weighted by Gasteiger charge is -2.40. The summed E-state index contributed by atoms with van der Waals surface area (Å²) in [6.07, 6.45) is 1.09. The Morgan fingerprint density at radius 3 is 2.56 bits per heavy atom. The van der Waals surface area contributed by atoms with E-state index in [1.165, 1.54) is 7.11 Å². The molecule has 0 saturated carbocycles. The van der Waals surface area contributed by atoms with Gasteiger partial charge in [0.05, 0.1) is 25.0 Å². The molecule has 39 heavy (non-hydrogen) atoms. The number of hydrogen-bond acceptors (Lipinski definition) is 7. The highest BCUT2D eigenvalue weighted by molar-refractivity contribution is 5.97. The number of nitrogens with zero attached hydrogens (tertiary/aromatic N) is 2. The van der Waals surface area contributed by atoms with E-state index in [4.69, 9.17) is 18.9 Å². The number of piperidine rings is 1. The first-order chi connectivity index (χ1) is 18.7. The molecule has 2 aliphatic rings. The first-order valence-electron chi connectivity index (χ1n) is 13.3. The zero-order chi connectivity index (χ0) is 28.0. The van der Waals surface area contributed by atoms with Crippen molar-refractivity contribution in [3.8, 4) is 11.5 Å². The molecule has 0 atom stereocenters. The van der Waals surface area contributed by atoms with Gasteiger partial charge in [0.1, 0.15) is 23.7 Å². The van der Waals surface area contributed by atoms with Crippen LogP contribution in [0.3, 0.4) is 0 Å².